The molecule has 0 aromatic heterocycles. The maximum Gasteiger partial charge on any atom is 0.193 e. The van der Waals surface area contributed by atoms with Crippen LogP contribution in [0.1, 0.15) is 50.5 Å². The summed E-state index contributed by atoms with van der Waals surface area (Å²) in [6, 6.07) is 8.28. The van der Waals surface area contributed by atoms with Gasteiger partial charge in [0, 0.05) is 32.6 Å². The summed E-state index contributed by atoms with van der Waals surface area (Å²) in [6.45, 7) is 5.43. The molecule has 24 heavy (non-hydrogen) atoms. The third-order valence-electron chi connectivity index (χ3n) is 5.85. The first-order chi connectivity index (χ1) is 11.7. The zero-order valence-electron chi connectivity index (χ0n) is 15.3. The zero-order valence-corrected chi connectivity index (χ0v) is 15.3. The molecular weight excluding hydrogens is 298 g/mol. The maximum absolute atomic E-state index is 5.49. The number of hydrogen-bond acceptors (Lipinski definition) is 2. The molecule has 1 N–H and O–H groups in total. The summed E-state index contributed by atoms with van der Waals surface area (Å²) in [7, 11) is 3.64. The molecule has 1 atom stereocenters. The van der Waals surface area contributed by atoms with Crippen molar-refractivity contribution >= 4 is 5.96 Å². The number of para-hydroxylation sites is 1. The highest BCUT2D eigenvalue weighted by Crippen LogP contribution is 2.45. The van der Waals surface area contributed by atoms with Gasteiger partial charge >= 0.3 is 0 Å². The van der Waals surface area contributed by atoms with E-state index in [9.17, 15) is 0 Å². The van der Waals surface area contributed by atoms with Crippen molar-refractivity contribution in [3.05, 3.63) is 29.8 Å². The Kier molecular flexibility index (Phi) is 5.32. The second kappa shape index (κ2) is 7.45. The van der Waals surface area contributed by atoms with Crippen LogP contribution in [0.25, 0.3) is 0 Å². The van der Waals surface area contributed by atoms with Gasteiger partial charge in [-0.3, -0.25) is 4.99 Å². The van der Waals surface area contributed by atoms with Crippen LogP contribution in [0, 0.1) is 5.41 Å². The van der Waals surface area contributed by atoms with Crippen LogP contribution in [0.15, 0.2) is 29.3 Å². The molecule has 2 fully saturated rings. The van der Waals surface area contributed by atoms with Gasteiger partial charge in [-0.05, 0) is 36.3 Å². The minimum absolute atomic E-state index is 0.376. The van der Waals surface area contributed by atoms with Crippen molar-refractivity contribution in [1.29, 1.82) is 0 Å². The second-order valence-corrected chi connectivity index (χ2v) is 7.45. The average molecular weight is 329 g/mol. The van der Waals surface area contributed by atoms with Gasteiger partial charge in [-0.1, -0.05) is 38.0 Å². The molecule has 1 saturated carbocycles. The molecule has 1 heterocycles. The number of methoxy groups -OCH3 is 1. The molecule has 1 unspecified atom stereocenters. The molecule has 1 aliphatic carbocycles. The topological polar surface area (TPSA) is 36.9 Å². The Morgan fingerprint density at radius 2 is 2.04 bits per heavy atom. The number of hydrogen-bond donors (Lipinski definition) is 1. The summed E-state index contributed by atoms with van der Waals surface area (Å²) in [5.41, 5.74) is 1.82. The Labute approximate surface area is 146 Å². The van der Waals surface area contributed by atoms with Crippen molar-refractivity contribution in [3.8, 4) is 5.75 Å². The van der Waals surface area contributed by atoms with Crippen LogP contribution < -0.4 is 10.1 Å². The van der Waals surface area contributed by atoms with Crippen molar-refractivity contribution < 1.29 is 4.74 Å². The van der Waals surface area contributed by atoms with Gasteiger partial charge in [0.05, 0.1) is 7.11 Å². The van der Waals surface area contributed by atoms with Gasteiger partial charge in [0.25, 0.3) is 0 Å². The first kappa shape index (κ1) is 17.1. The van der Waals surface area contributed by atoms with Crippen LogP contribution >= 0.6 is 0 Å². The zero-order chi connectivity index (χ0) is 17.0. The number of rotatable bonds is 4. The molecule has 1 aromatic rings. The summed E-state index contributed by atoms with van der Waals surface area (Å²) >= 11 is 0. The van der Waals surface area contributed by atoms with E-state index in [1.54, 1.807) is 7.11 Å². The summed E-state index contributed by atoms with van der Waals surface area (Å²) in [4.78, 5) is 6.99. The average Bonchev–Trinajstić information content (AvgIpc) is 3.25. The minimum atomic E-state index is 0.376. The molecule has 1 saturated heterocycles. The van der Waals surface area contributed by atoms with E-state index in [0.717, 1.165) is 24.8 Å². The van der Waals surface area contributed by atoms with Crippen molar-refractivity contribution in [3.63, 3.8) is 0 Å². The van der Waals surface area contributed by atoms with Crippen LogP contribution in [0.4, 0.5) is 0 Å². The van der Waals surface area contributed by atoms with E-state index in [2.05, 4.69) is 34.3 Å². The Hall–Kier alpha value is -1.71. The van der Waals surface area contributed by atoms with E-state index < -0.39 is 0 Å². The SMILES string of the molecule is CN=C(NCC(C)c1ccccc1OC)N1CCC2(CCCC2)C1. The monoisotopic (exact) mass is 329 g/mol. The van der Waals surface area contributed by atoms with Gasteiger partial charge < -0.3 is 15.0 Å². The molecule has 4 nitrogen and oxygen atoms in total. The van der Waals surface area contributed by atoms with Gasteiger partial charge in [0.15, 0.2) is 5.96 Å². The number of aliphatic imine (C=N–C) groups is 1. The Morgan fingerprint density at radius 1 is 1.29 bits per heavy atom. The number of guanidine groups is 1. The van der Waals surface area contributed by atoms with Crippen molar-refractivity contribution in [1.82, 2.24) is 10.2 Å². The highest BCUT2D eigenvalue weighted by Gasteiger charge is 2.41. The largest absolute Gasteiger partial charge is 0.496 e. The summed E-state index contributed by atoms with van der Waals surface area (Å²) < 4.78 is 5.49. The van der Waals surface area contributed by atoms with Gasteiger partial charge in [-0.2, -0.15) is 0 Å². The smallest absolute Gasteiger partial charge is 0.193 e. The number of benzene rings is 1. The normalized spacial score (nSPS) is 21.3. The number of likely N-dealkylation sites (tertiary alicyclic amines) is 1. The molecule has 3 rings (SSSR count). The van der Waals surface area contributed by atoms with Gasteiger partial charge in [-0.15, -0.1) is 0 Å². The molecule has 132 valence electrons. The fraction of sp³-hybridized carbons (Fsp3) is 0.650. The van der Waals surface area contributed by atoms with Crippen LogP contribution in [-0.4, -0.2) is 44.7 Å². The van der Waals surface area contributed by atoms with Gasteiger partial charge in [-0.25, -0.2) is 0 Å². The van der Waals surface area contributed by atoms with Crippen LogP contribution in [0.5, 0.6) is 5.75 Å². The quantitative estimate of drug-likeness (QED) is 0.677. The van der Waals surface area contributed by atoms with E-state index in [4.69, 9.17) is 4.74 Å². The number of nitrogens with one attached hydrogen (secondary N) is 1. The second-order valence-electron chi connectivity index (χ2n) is 7.45. The van der Waals surface area contributed by atoms with Crippen molar-refractivity contribution in [2.75, 3.05) is 33.8 Å². The van der Waals surface area contributed by atoms with E-state index in [-0.39, 0.29) is 0 Å². The molecule has 1 aromatic carbocycles. The van der Waals surface area contributed by atoms with E-state index in [1.165, 1.54) is 44.2 Å². The standard InChI is InChI=1S/C20H31N3O/c1-16(17-8-4-5-9-18(17)24-3)14-22-19(21-2)23-13-12-20(15-23)10-6-7-11-20/h4-5,8-9,16H,6-7,10-15H2,1-3H3,(H,21,22). The van der Waals surface area contributed by atoms with Gasteiger partial charge in [0.1, 0.15) is 5.75 Å². The molecule has 4 heteroatoms. The Morgan fingerprint density at radius 3 is 2.75 bits per heavy atom. The predicted molar refractivity (Wildman–Crippen MR) is 99.9 cm³/mol. The third kappa shape index (κ3) is 3.52. The highest BCUT2D eigenvalue weighted by molar-refractivity contribution is 5.80. The number of ether oxygens (including phenoxy) is 1. The first-order valence-electron chi connectivity index (χ1n) is 9.26. The summed E-state index contributed by atoms with van der Waals surface area (Å²) in [5.74, 6) is 2.40. The number of nitrogens with zero attached hydrogens (tertiary/aromatic N) is 2. The molecule has 1 spiro atoms. The lowest BCUT2D eigenvalue weighted by Gasteiger charge is -2.27. The maximum atomic E-state index is 5.49. The van der Waals surface area contributed by atoms with Crippen LogP contribution in [0.2, 0.25) is 0 Å². The van der Waals surface area contributed by atoms with Crippen molar-refractivity contribution in [2.45, 2.75) is 44.9 Å². The molecule has 2 aliphatic rings. The van der Waals surface area contributed by atoms with E-state index in [0.29, 0.717) is 11.3 Å². The molecule has 1 aliphatic heterocycles. The Balaban J connectivity index is 1.58. The van der Waals surface area contributed by atoms with E-state index in [1.807, 2.05) is 19.2 Å². The van der Waals surface area contributed by atoms with Crippen molar-refractivity contribution in [2.24, 2.45) is 10.4 Å². The first-order valence-corrected chi connectivity index (χ1v) is 9.26. The molecule has 0 radical (unpaired) electrons. The van der Waals surface area contributed by atoms with Crippen LogP contribution in [-0.2, 0) is 0 Å². The predicted octanol–water partition coefficient (Wildman–Crippen LogP) is 3.64. The van der Waals surface area contributed by atoms with E-state index >= 15 is 0 Å². The summed E-state index contributed by atoms with van der Waals surface area (Å²) in [6.07, 6.45) is 6.95. The molecular formula is C20H31N3O. The third-order valence-corrected chi connectivity index (χ3v) is 5.85. The lowest BCUT2D eigenvalue weighted by molar-refractivity contribution is 0.309. The highest BCUT2D eigenvalue weighted by atomic mass is 16.5. The molecule has 0 amide bonds. The van der Waals surface area contributed by atoms with Gasteiger partial charge in [0.2, 0.25) is 0 Å². The Bertz CT molecular complexity index is 578. The summed E-state index contributed by atoms with van der Waals surface area (Å²) in [5, 5.41) is 3.59. The molecule has 0 bridgehead atoms. The lowest BCUT2D eigenvalue weighted by atomic mass is 9.86. The fourth-order valence-electron chi connectivity index (χ4n) is 4.41. The fourth-order valence-corrected chi connectivity index (χ4v) is 4.41. The van der Waals surface area contributed by atoms with Crippen LogP contribution in [0.3, 0.4) is 0 Å². The minimum Gasteiger partial charge on any atom is -0.496 e. The lowest BCUT2D eigenvalue weighted by Crippen LogP contribution is -2.42.